The van der Waals surface area contributed by atoms with E-state index < -0.39 is 0 Å². The normalized spacial score (nSPS) is 13.7. The number of ether oxygens (including phenoxy) is 1. The van der Waals surface area contributed by atoms with Crippen LogP contribution >= 0.6 is 0 Å². The van der Waals surface area contributed by atoms with Crippen LogP contribution in [0.3, 0.4) is 0 Å². The van der Waals surface area contributed by atoms with Gasteiger partial charge < -0.3 is 14.5 Å². The van der Waals surface area contributed by atoms with Crippen LogP contribution in [0.4, 0.5) is 11.4 Å². The Morgan fingerprint density at radius 2 is 0.968 bits per heavy atom. The first-order chi connectivity index (χ1) is 30.0. The van der Waals surface area contributed by atoms with Gasteiger partial charge >= 0.3 is 0 Å². The first kappa shape index (κ1) is 41.7. The van der Waals surface area contributed by atoms with Crippen LogP contribution in [0.5, 0.6) is 11.5 Å². The number of nitrogens with zero attached hydrogens (tertiary/aromatic N) is 4. The predicted molar refractivity (Wildman–Crippen MR) is 265 cm³/mol. The van der Waals surface area contributed by atoms with Gasteiger partial charge in [-0.3, -0.25) is 4.57 Å². The van der Waals surface area contributed by atoms with Crippen molar-refractivity contribution in [2.75, 3.05) is 16.5 Å². The van der Waals surface area contributed by atoms with Crippen molar-refractivity contribution in [1.82, 2.24) is 9.55 Å². The maximum absolute atomic E-state index is 6.76. The maximum atomic E-state index is 6.76. The van der Waals surface area contributed by atoms with Crippen molar-refractivity contribution in [3.05, 3.63) is 204 Å². The SMILES string of the molecule is CC(C)(C)c1cc(N2C=CN(c3cccc(Oc4ccc5c6ccc(C(C)(C)c7ccccc7)cc6n(-c6cc(C(C)(C)c7ccccc7)ccn6)c5c4)c3)C2)cc(C(C)(C)C)c1. The highest BCUT2D eigenvalue weighted by molar-refractivity contribution is 6.09. The zero-order valence-electron chi connectivity index (χ0n) is 38.6. The molecule has 3 heterocycles. The third kappa shape index (κ3) is 8.02. The summed E-state index contributed by atoms with van der Waals surface area (Å²) in [5, 5.41) is 2.32. The summed E-state index contributed by atoms with van der Waals surface area (Å²) in [7, 11) is 0. The summed E-state index contributed by atoms with van der Waals surface area (Å²) in [5.41, 5.74) is 11.7. The monoisotopic (exact) mass is 828 g/mol. The molecule has 0 saturated carbocycles. The van der Waals surface area contributed by atoms with Crippen LogP contribution in [-0.2, 0) is 21.7 Å². The second-order valence-electron chi connectivity index (χ2n) is 20.4. The summed E-state index contributed by atoms with van der Waals surface area (Å²) < 4.78 is 9.09. The molecule has 5 heteroatoms. The number of rotatable bonds is 9. The number of benzene rings is 6. The number of hydrogen-bond donors (Lipinski definition) is 0. The number of aromatic nitrogens is 2. The van der Waals surface area contributed by atoms with E-state index in [4.69, 9.17) is 9.72 Å². The van der Waals surface area contributed by atoms with E-state index in [1.54, 1.807) is 0 Å². The Labute approximate surface area is 374 Å². The van der Waals surface area contributed by atoms with Crippen molar-refractivity contribution in [2.45, 2.75) is 90.9 Å². The van der Waals surface area contributed by atoms with Gasteiger partial charge in [0.1, 0.15) is 17.3 Å². The highest BCUT2D eigenvalue weighted by Crippen LogP contribution is 2.41. The van der Waals surface area contributed by atoms with E-state index in [1.165, 1.54) is 44.5 Å². The van der Waals surface area contributed by atoms with Gasteiger partial charge in [-0.25, -0.2) is 4.98 Å². The summed E-state index contributed by atoms with van der Waals surface area (Å²) in [4.78, 5) is 9.69. The van der Waals surface area contributed by atoms with Gasteiger partial charge in [0, 0.05) is 63.7 Å². The summed E-state index contributed by atoms with van der Waals surface area (Å²) in [6.07, 6.45) is 6.30. The minimum Gasteiger partial charge on any atom is -0.457 e. The lowest BCUT2D eigenvalue weighted by Crippen LogP contribution is -2.26. The quantitative estimate of drug-likeness (QED) is 0.145. The third-order valence-corrected chi connectivity index (χ3v) is 13.2. The number of pyridine rings is 1. The Balaban J connectivity index is 1.08. The lowest BCUT2D eigenvalue weighted by atomic mass is 9.78. The minimum atomic E-state index is -0.231. The molecule has 0 saturated heterocycles. The second-order valence-corrected chi connectivity index (χ2v) is 20.4. The molecule has 9 rings (SSSR count). The van der Waals surface area contributed by atoms with Gasteiger partial charge in [-0.2, -0.15) is 0 Å². The van der Waals surface area contributed by atoms with Crippen LogP contribution in [0.1, 0.15) is 103 Å². The Bertz CT molecular complexity index is 2950. The molecule has 0 radical (unpaired) electrons. The summed E-state index contributed by atoms with van der Waals surface area (Å²) >= 11 is 0. The van der Waals surface area contributed by atoms with E-state index in [2.05, 4.69) is 242 Å². The van der Waals surface area contributed by atoms with E-state index in [-0.39, 0.29) is 21.7 Å². The summed E-state index contributed by atoms with van der Waals surface area (Å²) in [6.45, 7) is 23.6. The van der Waals surface area contributed by atoms with Crippen molar-refractivity contribution in [2.24, 2.45) is 0 Å². The largest absolute Gasteiger partial charge is 0.457 e. The van der Waals surface area contributed by atoms with Crippen LogP contribution in [0.2, 0.25) is 0 Å². The number of hydrogen-bond acceptors (Lipinski definition) is 4. The molecule has 6 aromatic carbocycles. The highest BCUT2D eigenvalue weighted by Gasteiger charge is 2.28. The van der Waals surface area contributed by atoms with Crippen LogP contribution in [0, 0.1) is 0 Å². The fourth-order valence-electron chi connectivity index (χ4n) is 8.93. The molecule has 0 spiro atoms. The van der Waals surface area contributed by atoms with Crippen molar-refractivity contribution < 1.29 is 4.74 Å². The van der Waals surface area contributed by atoms with Crippen LogP contribution in [0.15, 0.2) is 170 Å². The molecule has 1 aliphatic rings. The Morgan fingerprint density at radius 3 is 1.57 bits per heavy atom. The van der Waals surface area contributed by atoms with Gasteiger partial charge in [0.2, 0.25) is 0 Å². The molecule has 1 aliphatic heterocycles. The van der Waals surface area contributed by atoms with Gasteiger partial charge in [-0.15, -0.1) is 0 Å². The van der Waals surface area contributed by atoms with Crippen LogP contribution in [-0.4, -0.2) is 16.2 Å². The van der Waals surface area contributed by atoms with Crippen LogP contribution < -0.4 is 14.5 Å². The summed E-state index contributed by atoms with van der Waals surface area (Å²) in [5.74, 6) is 2.42. The van der Waals surface area contributed by atoms with Gasteiger partial charge in [0.15, 0.2) is 0 Å². The van der Waals surface area contributed by atoms with E-state index in [0.29, 0.717) is 6.67 Å². The molecular weight excluding hydrogens is 769 g/mol. The standard InChI is InChI=1S/C58H60N4O/c1-55(2,3)44-32-45(56(4,5)6)34-47(33-44)61-31-30-60(39-61)46-22-17-23-48(37-46)63-49-25-27-51-50-26-24-42(57(7,8)40-18-13-11-14-19-40)35-52(50)62(53(51)38-49)54-36-43(28-29-59-54)58(9,10)41-20-15-12-16-21-41/h11-38H,39H2,1-10H3. The second kappa shape index (κ2) is 15.6. The van der Waals surface area contributed by atoms with Crippen LogP contribution in [0.25, 0.3) is 27.6 Å². The molecule has 0 aliphatic carbocycles. The van der Waals surface area contributed by atoms with E-state index in [9.17, 15) is 0 Å². The van der Waals surface area contributed by atoms with E-state index >= 15 is 0 Å². The van der Waals surface area contributed by atoms with E-state index in [1.807, 2.05) is 12.3 Å². The van der Waals surface area contributed by atoms with Gasteiger partial charge in [-0.1, -0.05) is 154 Å². The molecule has 8 aromatic rings. The Kier molecular flexibility index (Phi) is 10.4. The molecule has 5 nitrogen and oxygen atoms in total. The predicted octanol–water partition coefficient (Wildman–Crippen LogP) is 15.0. The fourth-order valence-corrected chi connectivity index (χ4v) is 8.93. The zero-order chi connectivity index (χ0) is 44.3. The van der Waals surface area contributed by atoms with Gasteiger partial charge in [0.25, 0.3) is 0 Å². The molecule has 2 aromatic heterocycles. The average molecular weight is 829 g/mol. The molecule has 63 heavy (non-hydrogen) atoms. The van der Waals surface area contributed by atoms with Crippen molar-refractivity contribution in [3.63, 3.8) is 0 Å². The lowest BCUT2D eigenvalue weighted by Gasteiger charge is -2.29. The number of fused-ring (bicyclic) bond motifs is 3. The summed E-state index contributed by atoms with van der Waals surface area (Å²) in [6, 6.07) is 54.8. The van der Waals surface area contributed by atoms with Crippen molar-refractivity contribution in [1.29, 1.82) is 0 Å². The average Bonchev–Trinajstić information content (AvgIpc) is 3.90. The van der Waals surface area contributed by atoms with Gasteiger partial charge in [0.05, 0.1) is 17.7 Å². The fraction of sp³-hybridized carbons (Fsp3) is 0.259. The van der Waals surface area contributed by atoms with Crippen molar-refractivity contribution >= 4 is 33.2 Å². The maximum Gasteiger partial charge on any atom is 0.137 e. The molecule has 0 N–H and O–H groups in total. The topological polar surface area (TPSA) is 33.5 Å². The zero-order valence-corrected chi connectivity index (χ0v) is 38.6. The molecule has 0 fully saturated rings. The minimum absolute atomic E-state index is 0.0459. The molecule has 0 bridgehead atoms. The lowest BCUT2D eigenvalue weighted by molar-refractivity contribution is 0.483. The first-order valence-electron chi connectivity index (χ1n) is 22.3. The third-order valence-electron chi connectivity index (χ3n) is 13.2. The smallest absolute Gasteiger partial charge is 0.137 e. The van der Waals surface area contributed by atoms with E-state index in [0.717, 1.165) is 39.4 Å². The van der Waals surface area contributed by atoms with Crippen molar-refractivity contribution in [3.8, 4) is 17.3 Å². The Morgan fingerprint density at radius 1 is 0.429 bits per heavy atom. The van der Waals surface area contributed by atoms with Gasteiger partial charge in [-0.05, 0) is 98.8 Å². The first-order valence-corrected chi connectivity index (χ1v) is 22.3. The molecular formula is C58H60N4O. The molecule has 318 valence electrons. The molecule has 0 amide bonds. The molecule has 0 unspecified atom stereocenters. The highest BCUT2D eigenvalue weighted by atomic mass is 16.5. The Hall–Kier alpha value is -6.59. The molecule has 0 atom stereocenters. The number of anilines is 2.